The minimum atomic E-state index is 0.155. The topological polar surface area (TPSA) is 12.4 Å². The van der Waals surface area contributed by atoms with Crippen molar-refractivity contribution in [3.63, 3.8) is 0 Å². The van der Waals surface area contributed by atoms with Gasteiger partial charge in [0.05, 0.1) is 5.69 Å². The van der Waals surface area contributed by atoms with Crippen LogP contribution in [0.15, 0.2) is 64.5 Å². The molecule has 0 saturated carbocycles. The maximum atomic E-state index is 4.89. The molecule has 3 rings (SSSR count). The molecular weight excluding hydrogens is 298 g/mol. The predicted octanol–water partition coefficient (Wildman–Crippen LogP) is 6.31. The zero-order chi connectivity index (χ0) is 16.3. The van der Waals surface area contributed by atoms with Gasteiger partial charge in [-0.25, -0.2) is 0 Å². The highest BCUT2D eigenvalue weighted by atomic mass is 32.2. The van der Waals surface area contributed by atoms with E-state index in [9.17, 15) is 0 Å². The molecule has 118 valence electrons. The van der Waals surface area contributed by atoms with Crippen LogP contribution in [0.25, 0.3) is 6.08 Å². The molecule has 1 aliphatic heterocycles. The third-order valence-electron chi connectivity index (χ3n) is 3.98. The van der Waals surface area contributed by atoms with Gasteiger partial charge in [0.15, 0.2) is 0 Å². The van der Waals surface area contributed by atoms with Crippen molar-refractivity contribution >= 4 is 29.2 Å². The molecule has 0 unspecified atom stereocenters. The average Bonchev–Trinajstić information content (AvgIpc) is 2.67. The van der Waals surface area contributed by atoms with Gasteiger partial charge in [0, 0.05) is 21.8 Å². The number of para-hydroxylation sites is 1. The summed E-state index contributed by atoms with van der Waals surface area (Å²) in [5.74, 6) is 0. The van der Waals surface area contributed by atoms with Crippen molar-refractivity contribution in [1.29, 1.82) is 0 Å². The second-order valence-corrected chi connectivity index (χ2v) is 8.29. The molecule has 0 fully saturated rings. The highest BCUT2D eigenvalue weighted by molar-refractivity contribution is 8.00. The first kappa shape index (κ1) is 16.1. The van der Waals surface area contributed by atoms with E-state index in [2.05, 4.69) is 81.5 Å². The Morgan fingerprint density at radius 1 is 1.04 bits per heavy atom. The van der Waals surface area contributed by atoms with E-state index in [-0.39, 0.29) is 4.75 Å². The third-order valence-corrected chi connectivity index (χ3v) is 5.24. The Morgan fingerprint density at radius 2 is 1.78 bits per heavy atom. The number of allylic oxidation sites excluding steroid dienone is 1. The molecule has 0 N–H and O–H groups in total. The van der Waals surface area contributed by atoms with Crippen LogP contribution in [0, 0.1) is 0 Å². The summed E-state index contributed by atoms with van der Waals surface area (Å²) in [4.78, 5) is 6.16. The van der Waals surface area contributed by atoms with Crippen molar-refractivity contribution < 1.29 is 0 Å². The van der Waals surface area contributed by atoms with Crippen molar-refractivity contribution in [3.05, 3.63) is 65.7 Å². The van der Waals surface area contributed by atoms with Gasteiger partial charge in [-0.15, -0.1) is 11.8 Å². The van der Waals surface area contributed by atoms with Crippen LogP contribution >= 0.6 is 11.8 Å². The predicted molar refractivity (Wildman–Crippen MR) is 103 cm³/mol. The van der Waals surface area contributed by atoms with Gasteiger partial charge in [0.1, 0.15) is 0 Å². The van der Waals surface area contributed by atoms with Gasteiger partial charge in [0.2, 0.25) is 0 Å². The van der Waals surface area contributed by atoms with E-state index in [0.29, 0.717) is 0 Å². The van der Waals surface area contributed by atoms with Crippen LogP contribution in [0.1, 0.15) is 38.3 Å². The van der Waals surface area contributed by atoms with E-state index in [0.717, 1.165) is 24.2 Å². The Balaban J connectivity index is 1.88. The monoisotopic (exact) mass is 321 g/mol. The molecule has 0 aromatic heterocycles. The maximum Gasteiger partial charge on any atom is 0.0768 e. The average molecular weight is 321 g/mol. The number of rotatable bonds is 3. The molecule has 0 spiro atoms. The molecule has 2 aromatic rings. The molecule has 23 heavy (non-hydrogen) atoms. The highest BCUT2D eigenvalue weighted by Crippen LogP contribution is 2.43. The SMILES string of the molecule is CCc1ccc(/C=C/C2=Nc3ccccc3SC(C)(C)C2)cc1. The summed E-state index contributed by atoms with van der Waals surface area (Å²) in [6.45, 7) is 6.76. The minimum absolute atomic E-state index is 0.155. The summed E-state index contributed by atoms with van der Waals surface area (Å²) >= 11 is 1.92. The van der Waals surface area contributed by atoms with Crippen LogP contribution in [0.2, 0.25) is 0 Å². The number of aliphatic imine (C=N–C) groups is 1. The Labute approximate surface area is 143 Å². The standard InChI is InChI=1S/C21H23NS/c1-4-16-9-11-17(12-10-16)13-14-18-15-21(2,3)23-20-8-6-5-7-19(20)22-18/h5-14H,4,15H2,1-3H3/b14-13+. The van der Waals surface area contributed by atoms with E-state index in [1.165, 1.54) is 16.0 Å². The normalized spacial score (nSPS) is 16.7. The number of nitrogens with zero attached hydrogens (tertiary/aromatic N) is 1. The van der Waals surface area contributed by atoms with Gasteiger partial charge in [-0.1, -0.05) is 49.4 Å². The first-order chi connectivity index (χ1) is 11.1. The van der Waals surface area contributed by atoms with Crippen molar-refractivity contribution in [3.8, 4) is 0 Å². The first-order valence-electron chi connectivity index (χ1n) is 8.18. The molecular formula is C21H23NS. The van der Waals surface area contributed by atoms with Crippen LogP contribution in [-0.2, 0) is 6.42 Å². The fourth-order valence-corrected chi connectivity index (χ4v) is 3.93. The number of thioether (sulfide) groups is 1. The smallest absolute Gasteiger partial charge is 0.0768 e. The Morgan fingerprint density at radius 3 is 2.52 bits per heavy atom. The van der Waals surface area contributed by atoms with Crippen molar-refractivity contribution in [1.82, 2.24) is 0 Å². The maximum absolute atomic E-state index is 4.89. The molecule has 0 amide bonds. The molecule has 1 nitrogen and oxygen atoms in total. The zero-order valence-electron chi connectivity index (χ0n) is 14.0. The summed E-state index contributed by atoms with van der Waals surface area (Å²) in [6.07, 6.45) is 6.40. The summed E-state index contributed by atoms with van der Waals surface area (Å²) in [6, 6.07) is 17.2. The van der Waals surface area contributed by atoms with Crippen LogP contribution < -0.4 is 0 Å². The van der Waals surface area contributed by atoms with Gasteiger partial charge in [-0.3, -0.25) is 4.99 Å². The number of aryl methyl sites for hydroxylation is 1. The minimum Gasteiger partial charge on any atom is -0.252 e. The molecule has 2 heteroatoms. The van der Waals surface area contributed by atoms with E-state index in [1.807, 2.05) is 11.8 Å². The van der Waals surface area contributed by atoms with Gasteiger partial charge in [-0.2, -0.15) is 0 Å². The number of hydrogen-bond acceptors (Lipinski definition) is 2. The molecule has 0 saturated heterocycles. The fraction of sp³-hybridized carbons (Fsp3) is 0.286. The largest absolute Gasteiger partial charge is 0.252 e. The van der Waals surface area contributed by atoms with Crippen molar-refractivity contribution in [2.24, 2.45) is 4.99 Å². The number of hydrogen-bond donors (Lipinski definition) is 0. The molecule has 0 radical (unpaired) electrons. The second kappa shape index (κ2) is 6.76. The van der Waals surface area contributed by atoms with Gasteiger partial charge < -0.3 is 0 Å². The zero-order valence-corrected chi connectivity index (χ0v) is 14.9. The van der Waals surface area contributed by atoms with Crippen LogP contribution in [0.3, 0.4) is 0 Å². The lowest BCUT2D eigenvalue weighted by atomic mass is 10.0. The summed E-state index contributed by atoms with van der Waals surface area (Å²) in [7, 11) is 0. The quantitative estimate of drug-likeness (QED) is 0.645. The fourth-order valence-electron chi connectivity index (χ4n) is 2.75. The van der Waals surface area contributed by atoms with Crippen LogP contribution in [0.4, 0.5) is 5.69 Å². The highest BCUT2D eigenvalue weighted by Gasteiger charge is 2.25. The molecule has 1 heterocycles. The van der Waals surface area contributed by atoms with Crippen molar-refractivity contribution in [2.75, 3.05) is 0 Å². The van der Waals surface area contributed by atoms with E-state index in [4.69, 9.17) is 4.99 Å². The van der Waals surface area contributed by atoms with E-state index < -0.39 is 0 Å². The second-order valence-electron chi connectivity index (χ2n) is 6.54. The van der Waals surface area contributed by atoms with Gasteiger partial charge in [-0.05, 0) is 49.6 Å². The molecule has 0 bridgehead atoms. The lowest BCUT2D eigenvalue weighted by Gasteiger charge is -2.21. The molecule has 0 atom stereocenters. The molecule has 1 aliphatic rings. The van der Waals surface area contributed by atoms with Gasteiger partial charge >= 0.3 is 0 Å². The van der Waals surface area contributed by atoms with E-state index >= 15 is 0 Å². The molecule has 2 aromatic carbocycles. The summed E-state index contributed by atoms with van der Waals surface area (Å²) in [5.41, 5.74) is 4.84. The van der Waals surface area contributed by atoms with Crippen LogP contribution in [0.5, 0.6) is 0 Å². The van der Waals surface area contributed by atoms with Crippen molar-refractivity contribution in [2.45, 2.75) is 43.3 Å². The number of fused-ring (bicyclic) bond motifs is 1. The van der Waals surface area contributed by atoms with Crippen LogP contribution in [-0.4, -0.2) is 10.5 Å². The van der Waals surface area contributed by atoms with Gasteiger partial charge in [0.25, 0.3) is 0 Å². The lowest BCUT2D eigenvalue weighted by Crippen LogP contribution is -2.17. The summed E-state index contributed by atoms with van der Waals surface area (Å²) in [5, 5.41) is 0. The first-order valence-corrected chi connectivity index (χ1v) is 9.00. The Kier molecular flexibility index (Phi) is 4.72. The Hall–Kier alpha value is -1.80. The number of benzene rings is 2. The summed E-state index contributed by atoms with van der Waals surface area (Å²) < 4.78 is 0.155. The lowest BCUT2D eigenvalue weighted by molar-refractivity contribution is 0.752. The third kappa shape index (κ3) is 4.14. The molecule has 0 aliphatic carbocycles. The van der Waals surface area contributed by atoms with E-state index in [1.54, 1.807) is 0 Å². The Bertz CT molecular complexity index is 739.